The lowest BCUT2D eigenvalue weighted by Crippen LogP contribution is -2.19. The highest BCUT2D eigenvalue weighted by atomic mass is 32.2. The normalized spacial score (nSPS) is 11.6. The fraction of sp³-hybridized carbons (Fsp3) is 0.160. The molecule has 8 heteroatoms. The number of aryl methyl sites for hydroxylation is 1. The van der Waals surface area contributed by atoms with E-state index in [1.54, 1.807) is 14.2 Å². The Morgan fingerprint density at radius 2 is 1.73 bits per heavy atom. The van der Waals surface area contributed by atoms with E-state index in [0.717, 1.165) is 22.4 Å². The number of nitrogens with one attached hydrogen (secondary N) is 1. The first-order valence-corrected chi connectivity index (χ1v) is 11.1. The number of carbonyl (C=O) groups is 1. The number of hydrogen-bond donors (Lipinski definition) is 1. The summed E-state index contributed by atoms with van der Waals surface area (Å²) >= 11 is 1.19. The number of thioether (sulfide) groups is 1. The van der Waals surface area contributed by atoms with Crippen LogP contribution in [-0.2, 0) is 4.79 Å². The molecule has 0 saturated heterocycles. The zero-order chi connectivity index (χ0) is 23.2. The third-order valence-electron chi connectivity index (χ3n) is 4.92. The van der Waals surface area contributed by atoms with Gasteiger partial charge >= 0.3 is 0 Å². The van der Waals surface area contributed by atoms with Crippen molar-refractivity contribution in [2.75, 3.05) is 19.5 Å². The molecule has 1 aromatic heterocycles. The molecule has 0 fully saturated rings. The van der Waals surface area contributed by atoms with Crippen molar-refractivity contribution in [3.8, 4) is 23.0 Å². The Hall–Kier alpha value is -3.78. The minimum absolute atomic E-state index is 0.223. The summed E-state index contributed by atoms with van der Waals surface area (Å²) in [6.45, 7) is 1.96. The summed E-state index contributed by atoms with van der Waals surface area (Å²) < 4.78 is 16.4. The summed E-state index contributed by atoms with van der Waals surface area (Å²) in [5.74, 6) is 1.47. The molecule has 7 nitrogen and oxygen atoms in total. The highest BCUT2D eigenvalue weighted by Gasteiger charge is 2.26. The number of benzene rings is 3. The van der Waals surface area contributed by atoms with Gasteiger partial charge in [0.05, 0.1) is 19.9 Å². The predicted octanol–water partition coefficient (Wildman–Crippen LogP) is 5.53. The molecule has 0 saturated carbocycles. The lowest BCUT2D eigenvalue weighted by atomic mass is 10.1. The lowest BCUT2D eigenvalue weighted by Gasteiger charge is -2.17. The number of nitrogens with zero attached hydrogens (tertiary/aromatic N) is 2. The maximum Gasteiger partial charge on any atom is 0.277 e. The Kier molecular flexibility index (Phi) is 6.95. The van der Waals surface area contributed by atoms with E-state index < -0.39 is 5.25 Å². The fourth-order valence-electron chi connectivity index (χ4n) is 3.23. The molecule has 1 amide bonds. The number of methoxy groups -OCH3 is 2. The molecule has 1 heterocycles. The van der Waals surface area contributed by atoms with Gasteiger partial charge in [-0.05, 0) is 66.2 Å². The van der Waals surface area contributed by atoms with Gasteiger partial charge in [-0.15, -0.1) is 10.2 Å². The molecular weight excluding hydrogens is 438 g/mol. The molecule has 168 valence electrons. The smallest absolute Gasteiger partial charge is 0.277 e. The maximum atomic E-state index is 13.4. The van der Waals surface area contributed by atoms with Crippen molar-refractivity contribution in [3.05, 3.63) is 83.9 Å². The Morgan fingerprint density at radius 1 is 0.970 bits per heavy atom. The summed E-state index contributed by atoms with van der Waals surface area (Å²) in [5, 5.41) is 11.0. The van der Waals surface area contributed by atoms with Crippen molar-refractivity contribution in [2.45, 2.75) is 17.4 Å². The quantitative estimate of drug-likeness (QED) is 0.345. The number of hydrogen-bond acceptors (Lipinski definition) is 7. The first-order chi connectivity index (χ1) is 16.1. The van der Waals surface area contributed by atoms with Crippen LogP contribution in [0.3, 0.4) is 0 Å². The highest BCUT2D eigenvalue weighted by molar-refractivity contribution is 8.00. The SMILES string of the molecule is COc1ccc(-c2nnc(SC(C(=O)Nc3cc(C)ccc3OC)c3ccccc3)o2)cc1. The van der Waals surface area contributed by atoms with Gasteiger partial charge in [-0.2, -0.15) is 0 Å². The molecule has 1 unspecified atom stereocenters. The minimum atomic E-state index is -0.611. The lowest BCUT2D eigenvalue weighted by molar-refractivity contribution is -0.115. The molecule has 3 aromatic carbocycles. The van der Waals surface area contributed by atoms with Crippen molar-refractivity contribution < 1.29 is 18.7 Å². The van der Waals surface area contributed by atoms with Crippen LogP contribution in [0.4, 0.5) is 5.69 Å². The average Bonchev–Trinajstić information content (AvgIpc) is 3.32. The van der Waals surface area contributed by atoms with Gasteiger partial charge in [-0.3, -0.25) is 4.79 Å². The summed E-state index contributed by atoms with van der Waals surface area (Å²) in [7, 11) is 3.18. The van der Waals surface area contributed by atoms with Crippen molar-refractivity contribution in [1.29, 1.82) is 0 Å². The minimum Gasteiger partial charge on any atom is -0.497 e. The number of rotatable bonds is 8. The first-order valence-electron chi connectivity index (χ1n) is 10.2. The predicted molar refractivity (Wildman–Crippen MR) is 128 cm³/mol. The summed E-state index contributed by atoms with van der Waals surface area (Å²) in [6.07, 6.45) is 0. The van der Waals surface area contributed by atoms with E-state index in [-0.39, 0.29) is 5.91 Å². The van der Waals surface area contributed by atoms with E-state index in [2.05, 4.69) is 15.5 Å². The van der Waals surface area contributed by atoms with E-state index in [1.807, 2.05) is 79.7 Å². The molecule has 1 N–H and O–H groups in total. The van der Waals surface area contributed by atoms with Crippen LogP contribution in [0.5, 0.6) is 11.5 Å². The Bertz CT molecular complexity index is 1230. The Labute approximate surface area is 196 Å². The molecule has 1 atom stereocenters. The van der Waals surface area contributed by atoms with E-state index in [4.69, 9.17) is 13.9 Å². The molecule has 4 rings (SSSR count). The van der Waals surface area contributed by atoms with Crippen molar-refractivity contribution in [3.63, 3.8) is 0 Å². The second-order valence-corrected chi connectivity index (χ2v) is 8.26. The molecule has 4 aromatic rings. The highest BCUT2D eigenvalue weighted by Crippen LogP contribution is 2.37. The number of anilines is 1. The van der Waals surface area contributed by atoms with E-state index in [1.165, 1.54) is 11.8 Å². The maximum absolute atomic E-state index is 13.4. The number of amides is 1. The third kappa shape index (κ3) is 5.35. The average molecular weight is 462 g/mol. The topological polar surface area (TPSA) is 86.5 Å². The van der Waals surface area contributed by atoms with Gasteiger partial charge < -0.3 is 19.2 Å². The second-order valence-electron chi connectivity index (χ2n) is 7.20. The van der Waals surface area contributed by atoms with E-state index >= 15 is 0 Å². The third-order valence-corrected chi connectivity index (χ3v) is 6.00. The number of aromatic nitrogens is 2. The van der Waals surface area contributed by atoms with Gasteiger partial charge in [0.25, 0.3) is 5.22 Å². The van der Waals surface area contributed by atoms with Crippen molar-refractivity contribution in [2.24, 2.45) is 0 Å². The van der Waals surface area contributed by atoms with Gasteiger partial charge in [-0.1, -0.05) is 36.4 Å². The molecule has 0 aliphatic rings. The van der Waals surface area contributed by atoms with Crippen LogP contribution in [0.2, 0.25) is 0 Å². The number of carbonyl (C=O) groups excluding carboxylic acids is 1. The summed E-state index contributed by atoms with van der Waals surface area (Å²) in [5.41, 5.74) is 3.20. The summed E-state index contributed by atoms with van der Waals surface area (Å²) in [4.78, 5) is 13.4. The molecule has 0 spiro atoms. The van der Waals surface area contributed by atoms with E-state index in [9.17, 15) is 4.79 Å². The first kappa shape index (κ1) is 22.4. The fourth-order valence-corrected chi connectivity index (χ4v) is 4.10. The Morgan fingerprint density at radius 3 is 2.42 bits per heavy atom. The second kappa shape index (κ2) is 10.2. The Balaban J connectivity index is 1.59. The van der Waals surface area contributed by atoms with Crippen LogP contribution in [0, 0.1) is 6.92 Å². The molecule has 0 aliphatic heterocycles. The van der Waals surface area contributed by atoms with Crippen molar-refractivity contribution >= 4 is 23.4 Å². The monoisotopic (exact) mass is 461 g/mol. The zero-order valence-corrected chi connectivity index (χ0v) is 19.3. The molecule has 0 aliphatic carbocycles. The van der Waals surface area contributed by atoms with Gasteiger partial charge in [0.1, 0.15) is 16.7 Å². The van der Waals surface area contributed by atoms with Crippen LogP contribution >= 0.6 is 11.8 Å². The van der Waals surface area contributed by atoms with Crippen LogP contribution in [0.25, 0.3) is 11.5 Å². The van der Waals surface area contributed by atoms with Crippen LogP contribution in [-0.4, -0.2) is 30.3 Å². The zero-order valence-electron chi connectivity index (χ0n) is 18.4. The van der Waals surface area contributed by atoms with Gasteiger partial charge in [-0.25, -0.2) is 0 Å². The van der Waals surface area contributed by atoms with Crippen molar-refractivity contribution in [1.82, 2.24) is 10.2 Å². The molecule has 0 radical (unpaired) electrons. The van der Waals surface area contributed by atoms with E-state index in [0.29, 0.717) is 22.6 Å². The van der Waals surface area contributed by atoms with Gasteiger partial charge in [0, 0.05) is 5.56 Å². The van der Waals surface area contributed by atoms with Crippen LogP contribution in [0.1, 0.15) is 16.4 Å². The van der Waals surface area contributed by atoms with Crippen LogP contribution < -0.4 is 14.8 Å². The summed E-state index contributed by atoms with van der Waals surface area (Å²) in [6, 6.07) is 22.4. The standard InChI is InChI=1S/C25H23N3O4S/c1-16-9-14-21(31-3)20(15-16)26-23(29)22(17-7-5-4-6-8-17)33-25-28-27-24(32-25)18-10-12-19(30-2)13-11-18/h4-15,22H,1-3H3,(H,26,29). The molecular formula is C25H23N3O4S. The van der Waals surface area contributed by atoms with Crippen LogP contribution in [0.15, 0.2) is 82.4 Å². The largest absolute Gasteiger partial charge is 0.497 e. The van der Waals surface area contributed by atoms with Gasteiger partial charge in [0.2, 0.25) is 11.8 Å². The number of ether oxygens (including phenoxy) is 2. The molecule has 0 bridgehead atoms. The van der Waals surface area contributed by atoms with Gasteiger partial charge in [0.15, 0.2) is 0 Å². The molecule has 33 heavy (non-hydrogen) atoms.